The van der Waals surface area contributed by atoms with Crippen LogP contribution >= 0.6 is 0 Å². The first-order valence-corrected chi connectivity index (χ1v) is 6.80. The van der Waals surface area contributed by atoms with Crippen molar-refractivity contribution in [2.75, 3.05) is 6.54 Å². The van der Waals surface area contributed by atoms with Crippen molar-refractivity contribution in [3.8, 4) is 0 Å². The first-order valence-electron chi connectivity index (χ1n) is 6.80. The molecule has 0 saturated carbocycles. The van der Waals surface area contributed by atoms with Gasteiger partial charge in [0.1, 0.15) is 0 Å². The number of nitrogens with two attached hydrogens (primary N) is 1. The Hall–Kier alpha value is -1.32. The van der Waals surface area contributed by atoms with Gasteiger partial charge in [-0.25, -0.2) is 0 Å². The van der Waals surface area contributed by atoms with E-state index in [4.69, 9.17) is 5.73 Å². The molecule has 3 N–H and O–H groups in total. The fraction of sp³-hybridized carbons (Fsp3) is 0.467. The first-order chi connectivity index (χ1) is 8.77. The van der Waals surface area contributed by atoms with Gasteiger partial charge in [-0.3, -0.25) is 0 Å². The van der Waals surface area contributed by atoms with Crippen molar-refractivity contribution in [2.24, 2.45) is 12.8 Å². The number of para-hydroxylation sites is 1. The summed E-state index contributed by atoms with van der Waals surface area (Å²) in [5.41, 5.74) is 8.92. The number of rotatable bonds is 1. The van der Waals surface area contributed by atoms with Gasteiger partial charge in [-0.1, -0.05) is 24.6 Å². The summed E-state index contributed by atoms with van der Waals surface area (Å²) in [7, 11) is 2.14. The Labute approximate surface area is 108 Å². The molecule has 1 aromatic carbocycles. The molecule has 3 rings (SSSR count). The van der Waals surface area contributed by atoms with E-state index in [1.54, 1.807) is 0 Å². The third kappa shape index (κ3) is 1.93. The number of nitrogens with one attached hydrogen (secondary N) is 1. The number of aromatic nitrogens is 1. The van der Waals surface area contributed by atoms with E-state index >= 15 is 0 Å². The van der Waals surface area contributed by atoms with Crippen LogP contribution in [0.25, 0.3) is 10.9 Å². The topological polar surface area (TPSA) is 43.0 Å². The summed E-state index contributed by atoms with van der Waals surface area (Å²) in [6, 6.07) is 11.3. The quantitative estimate of drug-likeness (QED) is 0.807. The van der Waals surface area contributed by atoms with E-state index in [0.717, 1.165) is 13.0 Å². The third-order valence-electron chi connectivity index (χ3n) is 4.06. The number of nitrogens with zero attached hydrogens (tertiary/aromatic N) is 1. The molecule has 18 heavy (non-hydrogen) atoms. The van der Waals surface area contributed by atoms with Gasteiger partial charge in [0, 0.05) is 24.3 Å². The number of benzene rings is 1. The molecule has 1 aliphatic heterocycles. The van der Waals surface area contributed by atoms with E-state index in [9.17, 15) is 0 Å². The van der Waals surface area contributed by atoms with E-state index in [0.29, 0.717) is 0 Å². The van der Waals surface area contributed by atoms with Gasteiger partial charge in [-0.2, -0.15) is 0 Å². The monoisotopic (exact) mass is 243 g/mol. The van der Waals surface area contributed by atoms with Gasteiger partial charge in [0.05, 0.1) is 6.04 Å². The number of hydrogen-bond donors (Lipinski definition) is 2. The second-order valence-electron chi connectivity index (χ2n) is 5.28. The van der Waals surface area contributed by atoms with Crippen LogP contribution in [0.3, 0.4) is 0 Å². The lowest BCUT2D eigenvalue weighted by Gasteiger charge is -2.23. The molecule has 96 valence electrons. The summed E-state index contributed by atoms with van der Waals surface area (Å²) in [5, 5.41) is 4.90. The SMILES string of the molecule is Cn1c([C@@H]2NCCCC[C@@H]2N)cc2ccccc21. The second-order valence-corrected chi connectivity index (χ2v) is 5.28. The Kier molecular flexibility index (Phi) is 3.10. The number of fused-ring (bicyclic) bond motifs is 1. The summed E-state index contributed by atoms with van der Waals surface area (Å²) in [4.78, 5) is 0. The zero-order valence-electron chi connectivity index (χ0n) is 10.9. The summed E-state index contributed by atoms with van der Waals surface area (Å²) in [5.74, 6) is 0. The lowest BCUT2D eigenvalue weighted by molar-refractivity contribution is 0.446. The van der Waals surface area contributed by atoms with Crippen molar-refractivity contribution < 1.29 is 0 Å². The van der Waals surface area contributed by atoms with Gasteiger partial charge in [-0.15, -0.1) is 0 Å². The fourth-order valence-corrected chi connectivity index (χ4v) is 3.01. The number of hydrogen-bond acceptors (Lipinski definition) is 2. The van der Waals surface area contributed by atoms with Gasteiger partial charge >= 0.3 is 0 Å². The van der Waals surface area contributed by atoms with Crippen molar-refractivity contribution in [2.45, 2.75) is 31.3 Å². The maximum absolute atomic E-state index is 6.33. The molecule has 2 aromatic rings. The Morgan fingerprint density at radius 1 is 1.28 bits per heavy atom. The molecule has 0 spiro atoms. The highest BCUT2D eigenvalue weighted by Gasteiger charge is 2.24. The molecule has 1 fully saturated rings. The highest BCUT2D eigenvalue weighted by atomic mass is 15.0. The van der Waals surface area contributed by atoms with Crippen LogP contribution in [-0.4, -0.2) is 17.2 Å². The van der Waals surface area contributed by atoms with E-state index in [2.05, 4.69) is 47.3 Å². The molecule has 3 nitrogen and oxygen atoms in total. The summed E-state index contributed by atoms with van der Waals surface area (Å²) < 4.78 is 2.28. The van der Waals surface area contributed by atoms with Crippen molar-refractivity contribution in [3.63, 3.8) is 0 Å². The van der Waals surface area contributed by atoms with Crippen molar-refractivity contribution in [1.29, 1.82) is 0 Å². The van der Waals surface area contributed by atoms with Gasteiger partial charge in [0.2, 0.25) is 0 Å². The Morgan fingerprint density at radius 2 is 2.11 bits per heavy atom. The van der Waals surface area contributed by atoms with E-state index in [-0.39, 0.29) is 12.1 Å². The molecule has 0 unspecified atom stereocenters. The molecular weight excluding hydrogens is 222 g/mol. The average Bonchev–Trinajstić information content (AvgIpc) is 2.57. The maximum atomic E-state index is 6.33. The smallest absolute Gasteiger partial charge is 0.0628 e. The summed E-state index contributed by atoms with van der Waals surface area (Å²) in [6.45, 7) is 1.07. The minimum atomic E-state index is 0.218. The van der Waals surface area contributed by atoms with Crippen LogP contribution in [0.15, 0.2) is 30.3 Å². The van der Waals surface area contributed by atoms with Gasteiger partial charge in [0.15, 0.2) is 0 Å². The van der Waals surface area contributed by atoms with E-state index in [1.807, 2.05) is 0 Å². The molecule has 0 radical (unpaired) electrons. The third-order valence-corrected chi connectivity index (χ3v) is 4.06. The Bertz CT molecular complexity index is 544. The first kappa shape index (κ1) is 11.8. The molecule has 1 saturated heterocycles. The molecule has 1 aromatic heterocycles. The molecule has 3 heteroatoms. The fourth-order valence-electron chi connectivity index (χ4n) is 3.01. The summed E-state index contributed by atoms with van der Waals surface area (Å²) in [6.07, 6.45) is 3.57. The van der Waals surface area contributed by atoms with Crippen molar-refractivity contribution >= 4 is 10.9 Å². The van der Waals surface area contributed by atoms with Crippen LogP contribution in [-0.2, 0) is 7.05 Å². The van der Waals surface area contributed by atoms with Crippen LogP contribution in [0, 0.1) is 0 Å². The van der Waals surface area contributed by atoms with Crippen molar-refractivity contribution in [1.82, 2.24) is 9.88 Å². The molecule has 0 bridgehead atoms. The van der Waals surface area contributed by atoms with E-state index < -0.39 is 0 Å². The Balaban J connectivity index is 2.04. The minimum Gasteiger partial charge on any atom is -0.346 e. The van der Waals surface area contributed by atoms with Gasteiger partial charge in [-0.05, 0) is 36.9 Å². The predicted octanol–water partition coefficient (Wildman–Crippen LogP) is 2.32. The van der Waals surface area contributed by atoms with Crippen molar-refractivity contribution in [3.05, 3.63) is 36.0 Å². The molecule has 0 aliphatic carbocycles. The number of aryl methyl sites for hydroxylation is 1. The predicted molar refractivity (Wildman–Crippen MR) is 75.5 cm³/mol. The molecule has 2 heterocycles. The van der Waals surface area contributed by atoms with Crippen LogP contribution in [0.4, 0.5) is 0 Å². The van der Waals surface area contributed by atoms with Crippen LogP contribution in [0.1, 0.15) is 31.0 Å². The Morgan fingerprint density at radius 3 is 2.94 bits per heavy atom. The minimum absolute atomic E-state index is 0.218. The normalized spacial score (nSPS) is 25.2. The lowest BCUT2D eigenvalue weighted by Crippen LogP contribution is -2.37. The van der Waals surface area contributed by atoms with E-state index in [1.165, 1.54) is 29.4 Å². The van der Waals surface area contributed by atoms with Gasteiger partial charge in [0.25, 0.3) is 0 Å². The molecular formula is C15H21N3. The lowest BCUT2D eigenvalue weighted by atomic mass is 10.0. The van der Waals surface area contributed by atoms with Crippen LogP contribution in [0.2, 0.25) is 0 Å². The molecule has 2 atom stereocenters. The zero-order chi connectivity index (χ0) is 12.5. The van der Waals surface area contributed by atoms with Gasteiger partial charge < -0.3 is 15.6 Å². The average molecular weight is 243 g/mol. The highest BCUT2D eigenvalue weighted by Crippen LogP contribution is 2.27. The zero-order valence-corrected chi connectivity index (χ0v) is 10.9. The standard InChI is InChI=1S/C15H21N3/c1-18-13-8-3-2-6-11(13)10-14(18)15-12(16)7-4-5-9-17-15/h2-3,6,8,10,12,15,17H,4-5,7,9,16H2,1H3/t12-,15+/m0/s1. The molecule has 0 amide bonds. The largest absolute Gasteiger partial charge is 0.346 e. The molecule has 1 aliphatic rings. The summed E-state index contributed by atoms with van der Waals surface area (Å²) >= 11 is 0. The second kappa shape index (κ2) is 4.75. The van der Waals surface area contributed by atoms with Crippen LogP contribution < -0.4 is 11.1 Å². The maximum Gasteiger partial charge on any atom is 0.0628 e. The van der Waals surface area contributed by atoms with Crippen LogP contribution in [0.5, 0.6) is 0 Å². The highest BCUT2D eigenvalue weighted by molar-refractivity contribution is 5.81.